The van der Waals surface area contributed by atoms with E-state index in [1.165, 1.54) is 12.8 Å². The predicted octanol–water partition coefficient (Wildman–Crippen LogP) is 3.34. The first-order valence-corrected chi connectivity index (χ1v) is 8.08. The Kier molecular flexibility index (Phi) is 6.23. The number of hydrogen-bond donors (Lipinski definition) is 2. The molecule has 2 aromatic carbocycles. The molecule has 0 aliphatic heterocycles. The highest BCUT2D eigenvalue weighted by Gasteiger charge is 2.28. The maximum Gasteiger partial charge on any atom is 0.253 e. The van der Waals surface area contributed by atoms with E-state index < -0.39 is 0 Å². The van der Waals surface area contributed by atoms with Crippen molar-refractivity contribution in [2.24, 2.45) is 11.7 Å². The van der Waals surface area contributed by atoms with E-state index in [0.29, 0.717) is 18.0 Å². The normalized spacial score (nSPS) is 14.4. The van der Waals surface area contributed by atoms with Gasteiger partial charge in [0.2, 0.25) is 0 Å². The molecule has 1 atom stereocenters. The van der Waals surface area contributed by atoms with Crippen molar-refractivity contribution in [1.29, 1.82) is 0 Å². The van der Waals surface area contributed by atoms with Crippen LogP contribution in [0.2, 0.25) is 0 Å². The predicted molar refractivity (Wildman–Crippen MR) is 101 cm³/mol. The molecular formula is C19H24ClN3O. The molecule has 24 heavy (non-hydrogen) atoms. The van der Waals surface area contributed by atoms with Crippen LogP contribution in [0, 0.1) is 5.92 Å². The first-order chi connectivity index (χ1) is 11.2. The van der Waals surface area contributed by atoms with Crippen LogP contribution in [-0.4, -0.2) is 25.5 Å². The second-order valence-corrected chi connectivity index (χ2v) is 6.12. The van der Waals surface area contributed by atoms with E-state index in [1.54, 1.807) is 0 Å². The summed E-state index contributed by atoms with van der Waals surface area (Å²) in [4.78, 5) is 14.6. The first-order valence-electron chi connectivity index (χ1n) is 8.08. The zero-order valence-electron chi connectivity index (χ0n) is 13.8. The molecule has 3 rings (SSSR count). The van der Waals surface area contributed by atoms with Gasteiger partial charge in [-0.2, -0.15) is 0 Å². The minimum atomic E-state index is -0.0699. The van der Waals surface area contributed by atoms with Gasteiger partial charge in [-0.25, -0.2) is 0 Å². The van der Waals surface area contributed by atoms with Crippen molar-refractivity contribution >= 4 is 29.7 Å². The van der Waals surface area contributed by atoms with Crippen molar-refractivity contribution in [3.05, 3.63) is 60.2 Å². The highest BCUT2D eigenvalue weighted by molar-refractivity contribution is 6.00. The maximum atomic E-state index is 12.6. The highest BCUT2D eigenvalue weighted by Crippen LogP contribution is 2.31. The molecule has 0 heterocycles. The number of carbonyl (C=O) groups excluding carboxylic acids is 1. The van der Waals surface area contributed by atoms with E-state index in [-0.39, 0.29) is 24.4 Å². The molecule has 0 bridgehead atoms. The Hall–Kier alpha value is -2.04. The van der Waals surface area contributed by atoms with Crippen molar-refractivity contribution in [3.63, 3.8) is 0 Å². The van der Waals surface area contributed by atoms with Gasteiger partial charge in [-0.15, -0.1) is 12.4 Å². The molecule has 5 heteroatoms. The number of amides is 1. The number of benzene rings is 2. The highest BCUT2D eigenvalue weighted by atomic mass is 35.5. The summed E-state index contributed by atoms with van der Waals surface area (Å²) in [6, 6.07) is 17.7. The van der Waals surface area contributed by atoms with Gasteiger partial charge in [0.05, 0.1) is 11.3 Å². The molecular weight excluding hydrogens is 322 g/mol. The lowest BCUT2D eigenvalue weighted by molar-refractivity contribution is 0.0951. The average molecular weight is 346 g/mol. The van der Waals surface area contributed by atoms with E-state index >= 15 is 0 Å². The second-order valence-electron chi connectivity index (χ2n) is 6.12. The molecule has 0 radical (unpaired) electrons. The second kappa shape index (κ2) is 8.18. The lowest BCUT2D eigenvalue weighted by Crippen LogP contribution is -2.38. The van der Waals surface area contributed by atoms with Crippen LogP contribution in [0.1, 0.15) is 23.2 Å². The Morgan fingerprint density at radius 2 is 1.79 bits per heavy atom. The quantitative estimate of drug-likeness (QED) is 0.844. The smallest absolute Gasteiger partial charge is 0.253 e. The van der Waals surface area contributed by atoms with Crippen LogP contribution in [0.3, 0.4) is 0 Å². The molecule has 1 amide bonds. The number of hydrogen-bond acceptors (Lipinski definition) is 3. The molecule has 0 spiro atoms. The SMILES string of the molecule is CN(c1ccccc1)c1ccccc1C(=O)NCC(N)C1CC1.Cl. The minimum Gasteiger partial charge on any atom is -0.350 e. The van der Waals surface area contributed by atoms with Crippen LogP contribution in [0.15, 0.2) is 54.6 Å². The maximum absolute atomic E-state index is 12.6. The van der Waals surface area contributed by atoms with Crippen LogP contribution in [0.4, 0.5) is 11.4 Å². The molecule has 4 nitrogen and oxygen atoms in total. The van der Waals surface area contributed by atoms with Gasteiger partial charge in [0.25, 0.3) is 5.91 Å². The van der Waals surface area contributed by atoms with Crippen LogP contribution in [0.5, 0.6) is 0 Å². The van der Waals surface area contributed by atoms with Crippen LogP contribution in [0.25, 0.3) is 0 Å². The third kappa shape index (κ3) is 4.28. The van der Waals surface area contributed by atoms with E-state index in [0.717, 1.165) is 11.4 Å². The number of halogens is 1. The number of nitrogens with one attached hydrogen (secondary N) is 1. The summed E-state index contributed by atoms with van der Waals surface area (Å²) in [5.74, 6) is 0.511. The summed E-state index contributed by atoms with van der Waals surface area (Å²) in [5.41, 5.74) is 8.67. The van der Waals surface area contributed by atoms with Gasteiger partial charge < -0.3 is 16.0 Å². The summed E-state index contributed by atoms with van der Waals surface area (Å²) >= 11 is 0. The lowest BCUT2D eigenvalue weighted by Gasteiger charge is -2.22. The molecule has 2 aromatic rings. The third-order valence-electron chi connectivity index (χ3n) is 4.38. The lowest BCUT2D eigenvalue weighted by atomic mass is 10.1. The molecule has 3 N–H and O–H groups in total. The average Bonchev–Trinajstić information content (AvgIpc) is 3.44. The number of nitrogens with two attached hydrogens (primary N) is 1. The van der Waals surface area contributed by atoms with Gasteiger partial charge >= 0.3 is 0 Å². The molecule has 1 unspecified atom stereocenters. The summed E-state index contributed by atoms with van der Waals surface area (Å²) in [7, 11) is 1.97. The topological polar surface area (TPSA) is 58.4 Å². The van der Waals surface area contributed by atoms with Crippen molar-refractivity contribution in [1.82, 2.24) is 5.32 Å². The first kappa shape index (κ1) is 18.3. The molecule has 1 saturated carbocycles. The van der Waals surface area contributed by atoms with Crippen molar-refractivity contribution in [2.75, 3.05) is 18.5 Å². The molecule has 128 valence electrons. The zero-order valence-corrected chi connectivity index (χ0v) is 14.6. The number of nitrogens with zero attached hydrogens (tertiary/aromatic N) is 1. The Bertz CT molecular complexity index is 673. The Morgan fingerprint density at radius 3 is 2.46 bits per heavy atom. The van der Waals surface area contributed by atoms with Gasteiger partial charge in [-0.3, -0.25) is 4.79 Å². The fourth-order valence-corrected chi connectivity index (χ4v) is 2.75. The van der Waals surface area contributed by atoms with Crippen molar-refractivity contribution in [2.45, 2.75) is 18.9 Å². The molecule has 0 saturated heterocycles. The van der Waals surface area contributed by atoms with Gasteiger partial charge in [0.15, 0.2) is 0 Å². The van der Waals surface area contributed by atoms with Gasteiger partial charge in [-0.05, 0) is 43.0 Å². The minimum absolute atomic E-state index is 0. The summed E-state index contributed by atoms with van der Waals surface area (Å²) in [6.45, 7) is 0.535. The third-order valence-corrected chi connectivity index (χ3v) is 4.38. The monoisotopic (exact) mass is 345 g/mol. The van der Waals surface area contributed by atoms with Gasteiger partial charge in [0, 0.05) is 25.3 Å². The largest absolute Gasteiger partial charge is 0.350 e. The van der Waals surface area contributed by atoms with E-state index in [9.17, 15) is 4.79 Å². The fourth-order valence-electron chi connectivity index (χ4n) is 2.75. The Balaban J connectivity index is 0.00000208. The Labute approximate surface area is 149 Å². The fraction of sp³-hybridized carbons (Fsp3) is 0.316. The number of para-hydroxylation sites is 2. The van der Waals surface area contributed by atoms with Crippen LogP contribution < -0.4 is 16.0 Å². The number of rotatable bonds is 6. The van der Waals surface area contributed by atoms with Gasteiger partial charge in [-0.1, -0.05) is 30.3 Å². The van der Waals surface area contributed by atoms with E-state index in [4.69, 9.17) is 5.73 Å². The number of anilines is 2. The molecule has 1 fully saturated rings. The van der Waals surface area contributed by atoms with E-state index in [2.05, 4.69) is 5.32 Å². The van der Waals surface area contributed by atoms with Gasteiger partial charge in [0.1, 0.15) is 0 Å². The zero-order chi connectivity index (χ0) is 16.2. The molecule has 0 aromatic heterocycles. The van der Waals surface area contributed by atoms with E-state index in [1.807, 2.05) is 66.5 Å². The molecule has 1 aliphatic carbocycles. The standard InChI is InChI=1S/C19H23N3O.ClH/c1-22(15-7-3-2-4-8-15)18-10-6-5-9-16(18)19(23)21-13-17(20)14-11-12-14;/h2-10,14,17H,11-13,20H2,1H3,(H,21,23);1H. The number of carbonyl (C=O) groups is 1. The molecule has 1 aliphatic rings. The van der Waals surface area contributed by atoms with Crippen molar-refractivity contribution < 1.29 is 4.79 Å². The Morgan fingerprint density at radius 1 is 1.17 bits per heavy atom. The summed E-state index contributed by atoms with van der Waals surface area (Å²) in [6.07, 6.45) is 2.37. The van der Waals surface area contributed by atoms with Crippen LogP contribution >= 0.6 is 12.4 Å². The van der Waals surface area contributed by atoms with Crippen molar-refractivity contribution in [3.8, 4) is 0 Å². The van der Waals surface area contributed by atoms with Crippen LogP contribution in [-0.2, 0) is 0 Å². The summed E-state index contributed by atoms with van der Waals surface area (Å²) < 4.78 is 0. The summed E-state index contributed by atoms with van der Waals surface area (Å²) in [5, 5.41) is 2.98.